The number of carbonyl (C=O) groups is 2. The van der Waals surface area contributed by atoms with Crippen LogP contribution in [0.1, 0.15) is 0 Å². The van der Waals surface area contributed by atoms with Crippen molar-refractivity contribution in [3.05, 3.63) is 0 Å². The summed E-state index contributed by atoms with van der Waals surface area (Å²) < 4.78 is 31.6. The van der Waals surface area contributed by atoms with Crippen LogP contribution in [0.2, 0.25) is 0 Å². The Kier molecular flexibility index (Phi) is 18.6. The third-order valence-corrected chi connectivity index (χ3v) is 2.97. The number of aliphatic hydroxyl groups is 8. The Hall–Kier alpha value is -1.19. The first-order valence-electron chi connectivity index (χ1n) is 7.50. The predicted molar refractivity (Wildman–Crippen MR) is 92.5 cm³/mol. The lowest BCUT2D eigenvalue weighted by atomic mass is 10.0. The molecule has 176 valence electrons. The molecule has 0 amide bonds. The lowest BCUT2D eigenvalue weighted by molar-refractivity contribution is -0.118. The zero-order chi connectivity index (χ0) is 23.9. The van der Waals surface area contributed by atoms with Crippen molar-refractivity contribution >= 4 is 23.0 Å². The van der Waals surface area contributed by atoms with Gasteiger partial charge >= 0.3 is 10.4 Å². The molecule has 17 heteroatoms. The number of nitrogens with two attached hydrogens (primary N) is 2. The van der Waals surface area contributed by atoms with Gasteiger partial charge in [0, 0.05) is 0 Å². The molecule has 0 spiro atoms. The Morgan fingerprint density at radius 1 is 0.655 bits per heavy atom. The van der Waals surface area contributed by atoms with Crippen molar-refractivity contribution in [2.45, 2.75) is 48.7 Å². The minimum atomic E-state index is -4.67. The van der Waals surface area contributed by atoms with Gasteiger partial charge in [0.1, 0.15) is 49.2 Å². The van der Waals surface area contributed by atoms with Gasteiger partial charge in [-0.05, 0) is 0 Å². The Bertz CT molecular complexity index is 495. The quantitative estimate of drug-likeness (QED) is 0.107. The predicted octanol–water partition coefficient (Wildman–Crippen LogP) is -7.48. The average molecular weight is 456 g/mol. The van der Waals surface area contributed by atoms with Gasteiger partial charge in [0.15, 0.2) is 0 Å². The SMILES string of the molecule is N[C@@H](C=O)[C@@H](O)[C@H](O)[C@H](O)CO.N[C@@H](C=O)[C@@H](O)[C@H](O)[C@H](O)CO.O=S(=O)(O)O. The molecule has 0 heterocycles. The maximum absolute atomic E-state index is 10.0. The van der Waals surface area contributed by atoms with Gasteiger partial charge in [-0.25, -0.2) is 0 Å². The molecule has 0 aliphatic rings. The molecule has 0 rings (SSSR count). The normalized spacial score (nSPS) is 19.4. The summed E-state index contributed by atoms with van der Waals surface area (Å²) in [4.78, 5) is 20.0. The number of rotatable bonds is 10. The van der Waals surface area contributed by atoms with Gasteiger partial charge in [-0.15, -0.1) is 0 Å². The van der Waals surface area contributed by atoms with E-state index in [-0.39, 0.29) is 12.6 Å². The summed E-state index contributed by atoms with van der Waals surface area (Å²) in [6.45, 7) is -1.41. The van der Waals surface area contributed by atoms with E-state index in [4.69, 9.17) is 69.8 Å². The second-order valence-electron chi connectivity index (χ2n) is 5.34. The lowest BCUT2D eigenvalue weighted by Gasteiger charge is -2.23. The molecular weight excluding hydrogens is 428 g/mol. The molecule has 0 aromatic heterocycles. The van der Waals surface area contributed by atoms with Crippen LogP contribution in [0.15, 0.2) is 0 Å². The Balaban J connectivity index is -0.000000380. The Morgan fingerprint density at radius 2 is 0.862 bits per heavy atom. The highest BCUT2D eigenvalue weighted by molar-refractivity contribution is 7.79. The topological polar surface area (TPSA) is 323 Å². The number of carbonyl (C=O) groups excluding carboxylic acids is 2. The largest absolute Gasteiger partial charge is 0.394 e. The van der Waals surface area contributed by atoms with Gasteiger partial charge in [0.25, 0.3) is 0 Å². The average Bonchev–Trinajstić information content (AvgIpc) is 2.67. The van der Waals surface area contributed by atoms with Crippen LogP contribution in [-0.4, -0.2) is 133 Å². The summed E-state index contributed by atoms with van der Waals surface area (Å²) in [5.41, 5.74) is 10.1. The summed E-state index contributed by atoms with van der Waals surface area (Å²) in [7, 11) is -4.67. The summed E-state index contributed by atoms with van der Waals surface area (Å²) in [6.07, 6.45) is -8.85. The number of hydrogen-bond donors (Lipinski definition) is 12. The third-order valence-electron chi connectivity index (χ3n) is 2.97. The fourth-order valence-corrected chi connectivity index (χ4v) is 1.29. The summed E-state index contributed by atoms with van der Waals surface area (Å²) in [5.74, 6) is 0. The molecular formula is C12H28N2O14S. The zero-order valence-corrected chi connectivity index (χ0v) is 15.7. The highest BCUT2D eigenvalue weighted by Gasteiger charge is 2.29. The smallest absolute Gasteiger partial charge is 0.394 e. The zero-order valence-electron chi connectivity index (χ0n) is 14.9. The van der Waals surface area contributed by atoms with Crippen molar-refractivity contribution in [2.24, 2.45) is 11.5 Å². The van der Waals surface area contributed by atoms with Gasteiger partial charge in [0.2, 0.25) is 0 Å². The molecule has 0 unspecified atom stereocenters. The summed E-state index contributed by atoms with van der Waals surface area (Å²) in [5, 5.41) is 70.3. The van der Waals surface area contributed by atoms with Crippen molar-refractivity contribution < 1.29 is 68.0 Å². The molecule has 29 heavy (non-hydrogen) atoms. The third kappa shape index (κ3) is 17.4. The van der Waals surface area contributed by atoms with Crippen LogP contribution < -0.4 is 11.5 Å². The molecule has 0 aliphatic heterocycles. The van der Waals surface area contributed by atoms with Gasteiger partial charge in [-0.2, -0.15) is 8.42 Å². The van der Waals surface area contributed by atoms with E-state index in [2.05, 4.69) is 0 Å². The molecule has 16 nitrogen and oxygen atoms in total. The maximum atomic E-state index is 10.0. The standard InChI is InChI=1S/2C6H13NO5.H2O4S/c2*7-3(1-8)5(11)6(12)4(10)2-9;1-5(2,3)4/h2*1,3-6,9-12H,2,7H2;(H2,1,2,3,4)/t2*3-,4+,5+,6+;/m00./s1. The molecule has 0 aliphatic carbocycles. The van der Waals surface area contributed by atoms with Crippen molar-refractivity contribution in [3.8, 4) is 0 Å². The van der Waals surface area contributed by atoms with Gasteiger partial charge in [-0.3, -0.25) is 9.11 Å². The molecule has 8 atom stereocenters. The van der Waals surface area contributed by atoms with Crippen LogP contribution in [0.4, 0.5) is 0 Å². The highest BCUT2D eigenvalue weighted by Crippen LogP contribution is 2.02. The van der Waals surface area contributed by atoms with Crippen LogP contribution in [0.25, 0.3) is 0 Å². The van der Waals surface area contributed by atoms with Gasteiger partial charge < -0.3 is 61.9 Å². The first kappa shape index (κ1) is 32.5. The van der Waals surface area contributed by atoms with E-state index in [0.29, 0.717) is 0 Å². The van der Waals surface area contributed by atoms with Crippen LogP contribution in [0, 0.1) is 0 Å². The lowest BCUT2D eigenvalue weighted by Crippen LogP contribution is -2.49. The van der Waals surface area contributed by atoms with E-state index >= 15 is 0 Å². The number of aldehydes is 2. The van der Waals surface area contributed by atoms with Crippen LogP contribution >= 0.6 is 0 Å². The molecule has 0 saturated carbocycles. The second kappa shape index (κ2) is 16.6. The molecule has 0 saturated heterocycles. The van der Waals surface area contributed by atoms with E-state index in [1.54, 1.807) is 0 Å². The molecule has 0 aromatic carbocycles. The summed E-state index contributed by atoms with van der Waals surface area (Å²) >= 11 is 0. The first-order valence-corrected chi connectivity index (χ1v) is 8.90. The number of hydrogen-bond acceptors (Lipinski definition) is 14. The maximum Gasteiger partial charge on any atom is 0.394 e. The fraction of sp³-hybridized carbons (Fsp3) is 0.833. The summed E-state index contributed by atoms with van der Waals surface area (Å²) in [6, 6.07) is -2.53. The van der Waals surface area contributed by atoms with E-state index in [1.165, 1.54) is 0 Å². The molecule has 0 aromatic rings. The van der Waals surface area contributed by atoms with E-state index in [9.17, 15) is 9.59 Å². The molecule has 0 fully saturated rings. The van der Waals surface area contributed by atoms with Crippen LogP contribution in [0.3, 0.4) is 0 Å². The fourth-order valence-electron chi connectivity index (χ4n) is 1.29. The van der Waals surface area contributed by atoms with Gasteiger partial charge in [-0.1, -0.05) is 0 Å². The van der Waals surface area contributed by atoms with E-state index in [0.717, 1.165) is 0 Å². The van der Waals surface area contributed by atoms with Gasteiger partial charge in [0.05, 0.1) is 25.3 Å². The van der Waals surface area contributed by atoms with Crippen molar-refractivity contribution in [1.29, 1.82) is 0 Å². The Labute approximate surface area is 165 Å². The highest BCUT2D eigenvalue weighted by atomic mass is 32.3. The number of aliphatic hydroxyl groups excluding tert-OH is 8. The minimum Gasteiger partial charge on any atom is -0.394 e. The van der Waals surface area contributed by atoms with Crippen LogP contribution in [-0.2, 0) is 20.0 Å². The van der Waals surface area contributed by atoms with Crippen LogP contribution in [0.5, 0.6) is 0 Å². The Morgan fingerprint density at radius 3 is 1.00 bits per heavy atom. The molecule has 0 bridgehead atoms. The van der Waals surface area contributed by atoms with Crippen molar-refractivity contribution in [2.75, 3.05) is 13.2 Å². The molecule has 14 N–H and O–H groups in total. The van der Waals surface area contributed by atoms with Crippen molar-refractivity contribution in [1.82, 2.24) is 0 Å². The monoisotopic (exact) mass is 456 g/mol. The first-order chi connectivity index (χ1) is 13.1. The van der Waals surface area contributed by atoms with E-state index < -0.39 is 72.3 Å². The molecule has 0 radical (unpaired) electrons. The second-order valence-corrected chi connectivity index (χ2v) is 6.23. The van der Waals surface area contributed by atoms with Crippen molar-refractivity contribution in [3.63, 3.8) is 0 Å². The minimum absolute atomic E-state index is 0.248. The van der Waals surface area contributed by atoms with E-state index in [1.807, 2.05) is 0 Å².